The van der Waals surface area contributed by atoms with Crippen molar-refractivity contribution in [3.8, 4) is 0 Å². The summed E-state index contributed by atoms with van der Waals surface area (Å²) in [5.74, 6) is -0.123. The molecule has 4 nitrogen and oxygen atoms in total. The van der Waals surface area contributed by atoms with E-state index in [0.717, 1.165) is 11.3 Å². The SMILES string of the molecule is Cc1cc(C(=O)N2CCCO2)ns1. The van der Waals surface area contributed by atoms with Crippen molar-refractivity contribution in [2.75, 3.05) is 13.2 Å². The zero-order chi connectivity index (χ0) is 9.26. The lowest BCUT2D eigenvalue weighted by Gasteiger charge is -2.11. The van der Waals surface area contributed by atoms with E-state index in [9.17, 15) is 4.79 Å². The van der Waals surface area contributed by atoms with Crippen molar-refractivity contribution in [1.29, 1.82) is 0 Å². The Bertz CT molecular complexity index is 318. The highest BCUT2D eigenvalue weighted by atomic mass is 32.1. The van der Waals surface area contributed by atoms with Crippen molar-refractivity contribution in [2.45, 2.75) is 13.3 Å². The van der Waals surface area contributed by atoms with Gasteiger partial charge in [0.15, 0.2) is 0 Å². The van der Waals surface area contributed by atoms with Crippen LogP contribution in [0.25, 0.3) is 0 Å². The molecule has 2 rings (SSSR count). The zero-order valence-electron chi connectivity index (χ0n) is 7.32. The summed E-state index contributed by atoms with van der Waals surface area (Å²) in [6.07, 6.45) is 0.912. The van der Waals surface area contributed by atoms with Crippen LogP contribution in [0.1, 0.15) is 21.8 Å². The molecule has 1 aromatic rings. The Hall–Kier alpha value is -0.940. The quantitative estimate of drug-likeness (QED) is 0.681. The monoisotopic (exact) mass is 198 g/mol. The average Bonchev–Trinajstić information content (AvgIpc) is 2.72. The average molecular weight is 198 g/mol. The number of aryl methyl sites for hydroxylation is 1. The van der Waals surface area contributed by atoms with Crippen molar-refractivity contribution in [3.63, 3.8) is 0 Å². The molecule has 1 aromatic heterocycles. The fourth-order valence-electron chi connectivity index (χ4n) is 1.20. The van der Waals surface area contributed by atoms with Crippen molar-refractivity contribution >= 4 is 17.4 Å². The van der Waals surface area contributed by atoms with Crippen molar-refractivity contribution in [2.24, 2.45) is 0 Å². The molecule has 0 spiro atoms. The number of rotatable bonds is 1. The van der Waals surface area contributed by atoms with E-state index in [1.807, 2.05) is 6.92 Å². The van der Waals surface area contributed by atoms with Gasteiger partial charge in [-0.15, -0.1) is 0 Å². The Morgan fingerprint density at radius 3 is 3.15 bits per heavy atom. The maximum absolute atomic E-state index is 11.6. The maximum atomic E-state index is 11.6. The Balaban J connectivity index is 2.12. The summed E-state index contributed by atoms with van der Waals surface area (Å²) >= 11 is 1.34. The molecular formula is C8H10N2O2S. The molecular weight excluding hydrogens is 188 g/mol. The third-order valence-corrected chi connectivity index (χ3v) is 2.52. The summed E-state index contributed by atoms with van der Waals surface area (Å²) in [6.45, 7) is 3.24. The van der Waals surface area contributed by atoms with Crippen LogP contribution in [0.4, 0.5) is 0 Å². The highest BCUT2D eigenvalue weighted by molar-refractivity contribution is 7.05. The van der Waals surface area contributed by atoms with Gasteiger partial charge in [0, 0.05) is 4.88 Å². The number of carbonyl (C=O) groups is 1. The minimum absolute atomic E-state index is 0.123. The van der Waals surface area contributed by atoms with E-state index in [1.54, 1.807) is 6.07 Å². The molecule has 70 valence electrons. The Labute approximate surface area is 80.2 Å². The lowest BCUT2D eigenvalue weighted by molar-refractivity contribution is -0.0771. The van der Waals surface area contributed by atoms with Crippen LogP contribution in [-0.2, 0) is 4.84 Å². The van der Waals surface area contributed by atoms with E-state index in [0.29, 0.717) is 18.8 Å². The van der Waals surface area contributed by atoms with Crippen LogP contribution in [-0.4, -0.2) is 28.5 Å². The second-order valence-electron chi connectivity index (χ2n) is 2.92. The van der Waals surface area contributed by atoms with E-state index in [1.165, 1.54) is 16.6 Å². The lowest BCUT2D eigenvalue weighted by atomic mass is 10.3. The van der Waals surface area contributed by atoms with Crippen LogP contribution in [0.15, 0.2) is 6.07 Å². The van der Waals surface area contributed by atoms with E-state index in [-0.39, 0.29) is 5.91 Å². The molecule has 13 heavy (non-hydrogen) atoms. The Morgan fingerprint density at radius 2 is 2.62 bits per heavy atom. The van der Waals surface area contributed by atoms with Crippen LogP contribution in [0, 0.1) is 6.92 Å². The molecule has 1 fully saturated rings. The van der Waals surface area contributed by atoms with Gasteiger partial charge in [-0.25, -0.2) is 5.06 Å². The predicted octanol–water partition coefficient (Wildman–Crippen LogP) is 1.23. The summed E-state index contributed by atoms with van der Waals surface area (Å²) in [5.41, 5.74) is 0.490. The second kappa shape index (κ2) is 3.43. The molecule has 1 saturated heterocycles. The van der Waals surface area contributed by atoms with Gasteiger partial charge in [-0.05, 0) is 30.9 Å². The van der Waals surface area contributed by atoms with E-state index in [2.05, 4.69) is 4.37 Å². The van der Waals surface area contributed by atoms with Gasteiger partial charge in [0.1, 0.15) is 5.69 Å². The molecule has 1 amide bonds. The second-order valence-corrected chi connectivity index (χ2v) is 3.93. The topological polar surface area (TPSA) is 42.4 Å². The summed E-state index contributed by atoms with van der Waals surface area (Å²) in [6, 6.07) is 1.79. The molecule has 5 heteroatoms. The first-order valence-electron chi connectivity index (χ1n) is 4.15. The van der Waals surface area contributed by atoms with Gasteiger partial charge in [0.05, 0.1) is 13.2 Å². The molecule has 0 saturated carbocycles. The Kier molecular flexibility index (Phi) is 2.28. The van der Waals surface area contributed by atoms with Crippen molar-refractivity contribution in [1.82, 2.24) is 9.44 Å². The van der Waals surface area contributed by atoms with Gasteiger partial charge in [-0.3, -0.25) is 9.63 Å². The van der Waals surface area contributed by atoms with Gasteiger partial charge in [-0.1, -0.05) is 0 Å². The Morgan fingerprint density at radius 1 is 1.77 bits per heavy atom. The third-order valence-electron chi connectivity index (χ3n) is 1.83. The molecule has 0 aromatic carbocycles. The van der Waals surface area contributed by atoms with Crippen LogP contribution in [0.5, 0.6) is 0 Å². The first-order valence-corrected chi connectivity index (χ1v) is 4.93. The molecule has 0 aliphatic carbocycles. The molecule has 0 bridgehead atoms. The summed E-state index contributed by atoms with van der Waals surface area (Å²) in [5, 5.41) is 1.38. The fourth-order valence-corrected chi connectivity index (χ4v) is 1.74. The number of amides is 1. The minimum Gasteiger partial charge on any atom is -0.271 e. The number of carbonyl (C=O) groups excluding carboxylic acids is 1. The minimum atomic E-state index is -0.123. The normalized spacial score (nSPS) is 16.5. The maximum Gasteiger partial charge on any atom is 0.297 e. The fraction of sp³-hybridized carbons (Fsp3) is 0.500. The summed E-state index contributed by atoms with van der Waals surface area (Å²) in [7, 11) is 0. The molecule has 0 unspecified atom stereocenters. The lowest BCUT2D eigenvalue weighted by Crippen LogP contribution is -2.26. The van der Waals surface area contributed by atoms with Gasteiger partial charge in [0.2, 0.25) is 0 Å². The zero-order valence-corrected chi connectivity index (χ0v) is 8.13. The molecule has 0 radical (unpaired) electrons. The number of hydrogen-bond donors (Lipinski definition) is 0. The molecule has 0 N–H and O–H groups in total. The number of nitrogens with zero attached hydrogens (tertiary/aromatic N) is 2. The van der Waals surface area contributed by atoms with E-state index < -0.39 is 0 Å². The third kappa shape index (κ3) is 1.71. The first kappa shape index (κ1) is 8.65. The summed E-state index contributed by atoms with van der Waals surface area (Å²) in [4.78, 5) is 17.8. The van der Waals surface area contributed by atoms with E-state index >= 15 is 0 Å². The van der Waals surface area contributed by atoms with Gasteiger partial charge in [0.25, 0.3) is 5.91 Å². The van der Waals surface area contributed by atoms with Crippen molar-refractivity contribution < 1.29 is 9.63 Å². The summed E-state index contributed by atoms with van der Waals surface area (Å²) < 4.78 is 4.03. The number of aromatic nitrogens is 1. The largest absolute Gasteiger partial charge is 0.297 e. The van der Waals surface area contributed by atoms with E-state index in [4.69, 9.17) is 4.84 Å². The highest BCUT2D eigenvalue weighted by Crippen LogP contribution is 2.13. The van der Waals surface area contributed by atoms with Crippen LogP contribution >= 0.6 is 11.5 Å². The van der Waals surface area contributed by atoms with Gasteiger partial charge < -0.3 is 0 Å². The van der Waals surface area contributed by atoms with Crippen LogP contribution < -0.4 is 0 Å². The smallest absolute Gasteiger partial charge is 0.271 e. The molecule has 1 aliphatic rings. The van der Waals surface area contributed by atoms with Gasteiger partial charge >= 0.3 is 0 Å². The van der Waals surface area contributed by atoms with Crippen LogP contribution in [0.3, 0.4) is 0 Å². The molecule has 0 atom stereocenters. The number of hydrogen-bond acceptors (Lipinski definition) is 4. The molecule has 2 heterocycles. The predicted molar refractivity (Wildman–Crippen MR) is 48.5 cm³/mol. The molecule has 1 aliphatic heterocycles. The van der Waals surface area contributed by atoms with Gasteiger partial charge in [-0.2, -0.15) is 4.37 Å². The first-order chi connectivity index (χ1) is 6.27. The highest BCUT2D eigenvalue weighted by Gasteiger charge is 2.22. The van der Waals surface area contributed by atoms with Crippen LogP contribution in [0.2, 0.25) is 0 Å². The van der Waals surface area contributed by atoms with Crippen molar-refractivity contribution in [3.05, 3.63) is 16.6 Å². The number of hydroxylamine groups is 2. The standard InChI is InChI=1S/C8H10N2O2S/c1-6-5-7(9-13-6)8(11)10-3-2-4-12-10/h5H,2-4H2,1H3.